The van der Waals surface area contributed by atoms with E-state index < -0.39 is 0 Å². The number of benzene rings is 1. The van der Waals surface area contributed by atoms with Gasteiger partial charge in [-0.3, -0.25) is 4.79 Å². The lowest BCUT2D eigenvalue weighted by Crippen LogP contribution is -2.13. The maximum atomic E-state index is 12.9. The molecule has 1 saturated carbocycles. The lowest BCUT2D eigenvalue weighted by molar-refractivity contribution is -0.119. The first-order valence-corrected chi connectivity index (χ1v) is 7.40. The van der Waals surface area contributed by atoms with Crippen LogP contribution < -0.4 is 0 Å². The van der Waals surface area contributed by atoms with E-state index in [0.29, 0.717) is 23.2 Å². The number of hydrogen-bond donors (Lipinski definition) is 0. The highest BCUT2D eigenvalue weighted by Crippen LogP contribution is 2.27. The molecule has 0 unspecified atom stereocenters. The van der Waals surface area contributed by atoms with Crippen LogP contribution in [0.1, 0.15) is 44.1 Å². The fraction of sp³-hybridized carbons (Fsp3) is 0.533. The van der Waals surface area contributed by atoms with Crippen LogP contribution in [0.25, 0.3) is 0 Å². The normalized spacial score (nSPS) is 16.8. The molecular weight excluding hydrogens is 295 g/mol. The van der Waals surface area contributed by atoms with E-state index in [0.717, 1.165) is 5.56 Å². The second-order valence-corrected chi connectivity index (χ2v) is 6.01. The van der Waals surface area contributed by atoms with E-state index in [-0.39, 0.29) is 11.6 Å². The maximum absolute atomic E-state index is 12.9. The summed E-state index contributed by atoms with van der Waals surface area (Å²) in [6, 6.07) is 4.52. The molecule has 1 fully saturated rings. The van der Waals surface area contributed by atoms with Gasteiger partial charge in [0.25, 0.3) is 0 Å². The van der Waals surface area contributed by atoms with Crippen LogP contribution in [0.2, 0.25) is 0 Å². The van der Waals surface area contributed by atoms with Gasteiger partial charge in [0.2, 0.25) is 0 Å². The molecule has 98 valence electrons. The zero-order valence-electron chi connectivity index (χ0n) is 10.4. The molecule has 0 atom stereocenters. The summed E-state index contributed by atoms with van der Waals surface area (Å²) in [5, 5.41) is 0. The highest BCUT2D eigenvalue weighted by molar-refractivity contribution is 9.10. The number of carbonyl (C=O) groups excluding carboxylic acids is 1. The van der Waals surface area contributed by atoms with Gasteiger partial charge >= 0.3 is 0 Å². The van der Waals surface area contributed by atoms with Crippen molar-refractivity contribution < 1.29 is 9.18 Å². The molecule has 0 amide bonds. The maximum Gasteiger partial charge on any atom is 0.137 e. The highest BCUT2D eigenvalue weighted by atomic mass is 79.9. The van der Waals surface area contributed by atoms with E-state index in [1.54, 1.807) is 6.07 Å². The van der Waals surface area contributed by atoms with Crippen LogP contribution in [0.3, 0.4) is 0 Å². The lowest BCUT2D eigenvalue weighted by atomic mass is 9.85. The molecular formula is C15H18BrFO. The minimum absolute atomic E-state index is 0.272. The number of halogens is 2. The average molecular weight is 313 g/mol. The number of ketones is 1. The Labute approximate surface area is 116 Å². The summed E-state index contributed by atoms with van der Waals surface area (Å²) in [5.74, 6) is 0.574. The SMILES string of the molecule is O=C(Cc1ccc(F)cc1Br)CC1CCCCC1. The average Bonchev–Trinajstić information content (AvgIpc) is 2.34. The fourth-order valence-corrected chi connectivity index (χ4v) is 3.15. The molecule has 2 rings (SSSR count). The van der Waals surface area contributed by atoms with Crippen molar-refractivity contribution in [1.82, 2.24) is 0 Å². The molecule has 18 heavy (non-hydrogen) atoms. The van der Waals surface area contributed by atoms with Crippen LogP contribution in [0.5, 0.6) is 0 Å². The van der Waals surface area contributed by atoms with E-state index >= 15 is 0 Å². The molecule has 0 aliphatic heterocycles. The second-order valence-electron chi connectivity index (χ2n) is 5.16. The predicted molar refractivity (Wildman–Crippen MR) is 74.0 cm³/mol. The molecule has 1 aromatic carbocycles. The van der Waals surface area contributed by atoms with E-state index in [9.17, 15) is 9.18 Å². The van der Waals surface area contributed by atoms with Crippen molar-refractivity contribution in [2.75, 3.05) is 0 Å². The van der Waals surface area contributed by atoms with Crippen molar-refractivity contribution in [2.45, 2.75) is 44.9 Å². The van der Waals surface area contributed by atoms with Crippen LogP contribution in [0.4, 0.5) is 4.39 Å². The summed E-state index contributed by atoms with van der Waals surface area (Å²) in [6.45, 7) is 0. The zero-order chi connectivity index (χ0) is 13.0. The van der Waals surface area contributed by atoms with Crippen molar-refractivity contribution in [3.63, 3.8) is 0 Å². The number of hydrogen-bond acceptors (Lipinski definition) is 1. The molecule has 1 nitrogen and oxygen atoms in total. The summed E-state index contributed by atoms with van der Waals surface area (Å²) in [7, 11) is 0. The molecule has 1 aromatic rings. The largest absolute Gasteiger partial charge is 0.299 e. The quantitative estimate of drug-likeness (QED) is 0.789. The molecule has 1 aliphatic rings. The lowest BCUT2D eigenvalue weighted by Gasteiger charge is -2.20. The summed E-state index contributed by atoms with van der Waals surface area (Å²) in [4.78, 5) is 12.0. The topological polar surface area (TPSA) is 17.1 Å². The Morgan fingerprint density at radius 3 is 2.67 bits per heavy atom. The van der Waals surface area contributed by atoms with Crippen molar-refractivity contribution in [3.05, 3.63) is 34.1 Å². The molecule has 0 N–H and O–H groups in total. The first-order chi connectivity index (χ1) is 8.65. The molecule has 0 heterocycles. The van der Waals surface area contributed by atoms with Crippen molar-refractivity contribution >= 4 is 21.7 Å². The van der Waals surface area contributed by atoms with E-state index in [1.165, 1.54) is 44.2 Å². The molecule has 1 aliphatic carbocycles. The Bertz CT molecular complexity index is 425. The zero-order valence-corrected chi connectivity index (χ0v) is 12.0. The van der Waals surface area contributed by atoms with E-state index in [1.807, 2.05) is 0 Å². The number of carbonyl (C=O) groups is 1. The molecule has 0 bridgehead atoms. The van der Waals surface area contributed by atoms with Crippen molar-refractivity contribution in [3.8, 4) is 0 Å². The Kier molecular flexibility index (Phi) is 4.93. The van der Waals surface area contributed by atoms with Gasteiger partial charge in [-0.25, -0.2) is 4.39 Å². The standard InChI is InChI=1S/C15H18BrFO/c16-15-10-13(17)7-6-12(15)9-14(18)8-11-4-2-1-3-5-11/h6-7,10-11H,1-5,8-9H2. The molecule has 3 heteroatoms. The molecule has 0 saturated heterocycles. The Balaban J connectivity index is 1.90. The summed E-state index contributed by atoms with van der Waals surface area (Å²) < 4.78 is 13.6. The summed E-state index contributed by atoms with van der Waals surface area (Å²) in [6.07, 6.45) is 7.32. The number of Topliss-reactive ketones (excluding diaryl/α,β-unsaturated/α-hetero) is 1. The minimum atomic E-state index is -0.273. The van der Waals surface area contributed by atoms with Gasteiger partial charge in [-0.1, -0.05) is 54.1 Å². The van der Waals surface area contributed by atoms with Gasteiger partial charge in [-0.15, -0.1) is 0 Å². The number of rotatable bonds is 4. The van der Waals surface area contributed by atoms with E-state index in [2.05, 4.69) is 15.9 Å². The monoisotopic (exact) mass is 312 g/mol. The van der Waals surface area contributed by atoms with Crippen LogP contribution in [0, 0.1) is 11.7 Å². The van der Waals surface area contributed by atoms with Crippen LogP contribution >= 0.6 is 15.9 Å². The minimum Gasteiger partial charge on any atom is -0.299 e. The smallest absolute Gasteiger partial charge is 0.137 e. The van der Waals surface area contributed by atoms with Crippen molar-refractivity contribution in [1.29, 1.82) is 0 Å². The van der Waals surface area contributed by atoms with Crippen LogP contribution in [-0.4, -0.2) is 5.78 Å². The van der Waals surface area contributed by atoms with Gasteiger partial charge in [0.1, 0.15) is 11.6 Å². The third kappa shape index (κ3) is 3.91. The fourth-order valence-electron chi connectivity index (χ4n) is 2.66. The van der Waals surface area contributed by atoms with E-state index in [4.69, 9.17) is 0 Å². The predicted octanol–water partition coefficient (Wildman–Crippen LogP) is 4.67. The van der Waals surface area contributed by atoms with Gasteiger partial charge in [-0.2, -0.15) is 0 Å². The Hall–Kier alpha value is -0.700. The Morgan fingerprint density at radius 1 is 1.28 bits per heavy atom. The Morgan fingerprint density at radius 2 is 2.00 bits per heavy atom. The van der Waals surface area contributed by atoms with Crippen LogP contribution in [0.15, 0.2) is 22.7 Å². The molecule has 0 radical (unpaired) electrons. The second kappa shape index (κ2) is 6.46. The molecule has 0 aromatic heterocycles. The molecule has 0 spiro atoms. The third-order valence-electron chi connectivity index (χ3n) is 3.64. The van der Waals surface area contributed by atoms with Gasteiger partial charge < -0.3 is 0 Å². The third-order valence-corrected chi connectivity index (χ3v) is 4.38. The van der Waals surface area contributed by atoms with Gasteiger partial charge in [-0.05, 0) is 23.6 Å². The highest BCUT2D eigenvalue weighted by Gasteiger charge is 2.17. The van der Waals surface area contributed by atoms with Gasteiger partial charge in [0.05, 0.1) is 0 Å². The summed E-state index contributed by atoms with van der Waals surface area (Å²) in [5.41, 5.74) is 0.886. The first-order valence-electron chi connectivity index (χ1n) is 6.61. The van der Waals surface area contributed by atoms with Crippen LogP contribution in [-0.2, 0) is 11.2 Å². The van der Waals surface area contributed by atoms with Gasteiger partial charge in [0.15, 0.2) is 0 Å². The van der Waals surface area contributed by atoms with Crippen molar-refractivity contribution in [2.24, 2.45) is 5.92 Å². The summed E-state index contributed by atoms with van der Waals surface area (Å²) >= 11 is 3.31. The first kappa shape index (κ1) is 13.7. The van der Waals surface area contributed by atoms with Gasteiger partial charge in [0, 0.05) is 17.3 Å².